The van der Waals surface area contributed by atoms with Gasteiger partial charge in [-0.2, -0.15) is 13.2 Å². The number of ether oxygens (including phenoxy) is 2. The maximum atomic E-state index is 12.2. The Hall–Kier alpha value is -0.820. The summed E-state index contributed by atoms with van der Waals surface area (Å²) >= 11 is 6.10. The van der Waals surface area contributed by atoms with E-state index in [9.17, 15) is 13.2 Å². The van der Waals surface area contributed by atoms with Crippen LogP contribution in [0.3, 0.4) is 0 Å². The van der Waals surface area contributed by atoms with Crippen molar-refractivity contribution >= 4 is 11.6 Å². The van der Waals surface area contributed by atoms with Gasteiger partial charge in [0.1, 0.15) is 6.61 Å². The van der Waals surface area contributed by atoms with Crippen LogP contribution >= 0.6 is 11.6 Å². The fraction of sp³-hybridized carbons (Fsp3) is 0.571. The van der Waals surface area contributed by atoms with E-state index in [4.69, 9.17) is 21.1 Å². The summed E-state index contributed by atoms with van der Waals surface area (Å²) in [5.74, 6) is -0.252. The number of rotatable bonds is 9. The fourth-order valence-electron chi connectivity index (χ4n) is 1.83. The van der Waals surface area contributed by atoms with Gasteiger partial charge in [-0.1, -0.05) is 29.8 Å². The predicted molar refractivity (Wildman–Crippen MR) is 75.8 cm³/mol. The highest BCUT2D eigenvalue weighted by Crippen LogP contribution is 2.25. The molecule has 120 valence electrons. The number of alkyl halides is 3. The first-order chi connectivity index (χ1) is 9.94. The lowest BCUT2D eigenvalue weighted by atomic mass is 10.00. The first-order valence-electron chi connectivity index (χ1n) is 6.52. The molecule has 0 aliphatic heterocycles. The zero-order valence-electron chi connectivity index (χ0n) is 11.8. The van der Waals surface area contributed by atoms with Crippen molar-refractivity contribution in [3.63, 3.8) is 0 Å². The molecule has 0 saturated heterocycles. The number of benzene rings is 1. The van der Waals surface area contributed by atoms with E-state index in [1.807, 2.05) is 0 Å². The van der Waals surface area contributed by atoms with Crippen molar-refractivity contribution in [2.45, 2.75) is 12.1 Å². The van der Waals surface area contributed by atoms with Gasteiger partial charge in [-0.25, -0.2) is 0 Å². The van der Waals surface area contributed by atoms with Crippen LogP contribution in [-0.2, 0) is 9.47 Å². The average molecular weight is 326 g/mol. The number of nitrogens with one attached hydrogen (secondary N) is 1. The molecule has 0 amide bonds. The smallest absolute Gasteiger partial charge is 0.383 e. The largest absolute Gasteiger partial charge is 0.411 e. The summed E-state index contributed by atoms with van der Waals surface area (Å²) in [5.41, 5.74) is 0.770. The monoisotopic (exact) mass is 325 g/mol. The van der Waals surface area contributed by atoms with Crippen molar-refractivity contribution in [3.8, 4) is 0 Å². The molecule has 0 aliphatic carbocycles. The van der Waals surface area contributed by atoms with Gasteiger partial charge in [-0.3, -0.25) is 0 Å². The molecule has 7 heteroatoms. The molecular formula is C14H19ClF3NO2. The SMILES string of the molecule is COCCNCC(COCC(F)(F)F)c1ccccc1Cl. The minimum atomic E-state index is -4.32. The molecule has 1 rings (SSSR count). The second kappa shape index (κ2) is 9.25. The van der Waals surface area contributed by atoms with Crippen molar-refractivity contribution in [2.24, 2.45) is 0 Å². The summed E-state index contributed by atoms with van der Waals surface area (Å²) in [6, 6.07) is 7.08. The molecule has 0 aromatic heterocycles. The molecule has 1 N–H and O–H groups in total. The van der Waals surface area contributed by atoms with Crippen LogP contribution in [0.5, 0.6) is 0 Å². The van der Waals surface area contributed by atoms with Gasteiger partial charge in [-0.15, -0.1) is 0 Å². The molecule has 3 nitrogen and oxygen atoms in total. The number of halogens is 4. The third kappa shape index (κ3) is 7.66. The van der Waals surface area contributed by atoms with Gasteiger partial charge in [0.2, 0.25) is 0 Å². The number of hydrogen-bond donors (Lipinski definition) is 1. The maximum absolute atomic E-state index is 12.2. The molecule has 1 atom stereocenters. The Balaban J connectivity index is 2.59. The van der Waals surface area contributed by atoms with E-state index in [-0.39, 0.29) is 12.5 Å². The standard InChI is InChI=1S/C14H19ClF3NO2/c1-20-7-6-19-8-11(9-21-10-14(16,17)18)12-4-2-3-5-13(12)15/h2-5,11,19H,6-10H2,1H3. The van der Waals surface area contributed by atoms with E-state index in [1.165, 1.54) is 0 Å². The molecule has 1 aromatic carbocycles. The van der Waals surface area contributed by atoms with Crippen molar-refractivity contribution < 1.29 is 22.6 Å². The lowest BCUT2D eigenvalue weighted by Crippen LogP contribution is -2.29. The van der Waals surface area contributed by atoms with Gasteiger partial charge >= 0.3 is 6.18 Å². The molecule has 0 saturated carbocycles. The molecule has 0 bridgehead atoms. The Bertz CT molecular complexity index is 415. The van der Waals surface area contributed by atoms with Gasteiger partial charge < -0.3 is 14.8 Å². The Kier molecular flexibility index (Phi) is 8.03. The van der Waals surface area contributed by atoms with Crippen molar-refractivity contribution in [1.29, 1.82) is 0 Å². The quantitative estimate of drug-likeness (QED) is 0.707. The summed E-state index contributed by atoms with van der Waals surface area (Å²) in [6.07, 6.45) is -4.32. The van der Waals surface area contributed by atoms with Crippen LogP contribution in [-0.4, -0.2) is 46.2 Å². The Morgan fingerprint density at radius 2 is 2.00 bits per heavy atom. The predicted octanol–water partition coefficient (Wildman–Crippen LogP) is 3.24. The van der Waals surface area contributed by atoms with Crippen LogP contribution < -0.4 is 5.32 Å². The lowest BCUT2D eigenvalue weighted by molar-refractivity contribution is -0.174. The van der Waals surface area contributed by atoms with Crippen LogP contribution in [0.1, 0.15) is 11.5 Å². The summed E-state index contributed by atoms with van der Waals surface area (Å²) in [7, 11) is 1.58. The van der Waals surface area contributed by atoms with E-state index < -0.39 is 12.8 Å². The molecule has 0 spiro atoms. The van der Waals surface area contributed by atoms with E-state index >= 15 is 0 Å². The summed E-state index contributed by atoms with van der Waals surface area (Å²) in [5, 5.41) is 3.63. The van der Waals surface area contributed by atoms with Gasteiger partial charge in [0.25, 0.3) is 0 Å². The summed E-state index contributed by atoms with van der Waals surface area (Å²) in [6.45, 7) is 0.287. The summed E-state index contributed by atoms with van der Waals surface area (Å²) < 4.78 is 46.2. The van der Waals surface area contributed by atoms with E-state index in [2.05, 4.69) is 5.32 Å². The minimum absolute atomic E-state index is 0.0524. The van der Waals surface area contributed by atoms with Crippen LogP contribution in [0.2, 0.25) is 5.02 Å². The summed E-state index contributed by atoms with van der Waals surface area (Å²) in [4.78, 5) is 0. The van der Waals surface area contributed by atoms with E-state index in [1.54, 1.807) is 31.4 Å². The van der Waals surface area contributed by atoms with Crippen molar-refractivity contribution in [3.05, 3.63) is 34.9 Å². The topological polar surface area (TPSA) is 30.5 Å². The van der Waals surface area contributed by atoms with E-state index in [0.717, 1.165) is 5.56 Å². The Morgan fingerprint density at radius 1 is 1.29 bits per heavy atom. The zero-order chi connectivity index (χ0) is 15.7. The highest BCUT2D eigenvalue weighted by Gasteiger charge is 2.28. The first-order valence-corrected chi connectivity index (χ1v) is 6.90. The fourth-order valence-corrected chi connectivity index (χ4v) is 2.12. The molecule has 21 heavy (non-hydrogen) atoms. The third-order valence-electron chi connectivity index (χ3n) is 2.80. The van der Waals surface area contributed by atoms with Crippen molar-refractivity contribution in [2.75, 3.05) is 40.0 Å². The van der Waals surface area contributed by atoms with Crippen LogP contribution in [0, 0.1) is 0 Å². The molecule has 0 heterocycles. The second-order valence-electron chi connectivity index (χ2n) is 4.55. The molecule has 1 unspecified atom stereocenters. The lowest BCUT2D eigenvalue weighted by Gasteiger charge is -2.20. The molecule has 1 aromatic rings. The highest BCUT2D eigenvalue weighted by atomic mass is 35.5. The van der Waals surface area contributed by atoms with Crippen molar-refractivity contribution in [1.82, 2.24) is 5.32 Å². The zero-order valence-corrected chi connectivity index (χ0v) is 12.5. The number of methoxy groups -OCH3 is 1. The van der Waals surface area contributed by atoms with Gasteiger partial charge in [0.15, 0.2) is 0 Å². The van der Waals surface area contributed by atoms with Gasteiger partial charge in [0.05, 0.1) is 13.2 Å². The van der Waals surface area contributed by atoms with Gasteiger partial charge in [-0.05, 0) is 11.6 Å². The van der Waals surface area contributed by atoms with E-state index in [0.29, 0.717) is 24.7 Å². The third-order valence-corrected chi connectivity index (χ3v) is 3.15. The maximum Gasteiger partial charge on any atom is 0.411 e. The average Bonchev–Trinajstić information content (AvgIpc) is 2.41. The molecule has 0 radical (unpaired) electrons. The molecule has 0 aliphatic rings. The highest BCUT2D eigenvalue weighted by molar-refractivity contribution is 6.31. The first kappa shape index (κ1) is 18.2. The van der Waals surface area contributed by atoms with Gasteiger partial charge in [0, 0.05) is 31.1 Å². The Labute approximate surface area is 127 Å². The number of hydrogen-bond acceptors (Lipinski definition) is 3. The second-order valence-corrected chi connectivity index (χ2v) is 4.95. The minimum Gasteiger partial charge on any atom is -0.383 e. The van der Waals surface area contributed by atoms with Crippen LogP contribution in [0.15, 0.2) is 24.3 Å². The van der Waals surface area contributed by atoms with Crippen LogP contribution in [0.4, 0.5) is 13.2 Å². The Morgan fingerprint density at radius 3 is 2.62 bits per heavy atom. The molecular weight excluding hydrogens is 307 g/mol. The normalized spacial score (nSPS) is 13.4. The molecule has 0 fully saturated rings. The van der Waals surface area contributed by atoms with Crippen LogP contribution in [0.25, 0.3) is 0 Å².